The van der Waals surface area contributed by atoms with E-state index in [2.05, 4.69) is 0 Å². The number of aliphatic carboxylic acids is 1. The average molecular weight is 513 g/mol. The van der Waals surface area contributed by atoms with E-state index in [-0.39, 0.29) is 12.4 Å². The maximum atomic E-state index is 13.5. The lowest BCUT2D eigenvalue weighted by Crippen LogP contribution is -2.11. The monoisotopic (exact) mass is 512 g/mol. The Kier molecular flexibility index (Phi) is 7.59. The van der Waals surface area contributed by atoms with Crippen LogP contribution >= 0.6 is 0 Å². The van der Waals surface area contributed by atoms with Gasteiger partial charge in [0.25, 0.3) is 0 Å². The molecule has 4 aromatic rings. The first kappa shape index (κ1) is 25.3. The molecular formula is C32H29FO5. The molecule has 0 radical (unpaired) electrons. The highest BCUT2D eigenvalue weighted by Gasteiger charge is 2.24. The molecule has 0 amide bonds. The first-order valence-electron chi connectivity index (χ1n) is 12.7. The molecule has 0 spiro atoms. The van der Waals surface area contributed by atoms with Gasteiger partial charge in [0.1, 0.15) is 35.4 Å². The number of carboxylic acids is 1. The number of benzene rings is 4. The number of fused-ring (bicyclic) bond motifs is 1. The van der Waals surface area contributed by atoms with Crippen molar-refractivity contribution >= 4 is 5.97 Å². The van der Waals surface area contributed by atoms with Gasteiger partial charge in [-0.05, 0) is 79.3 Å². The Bertz CT molecular complexity index is 1430. The molecule has 5 rings (SSSR count). The van der Waals surface area contributed by atoms with Crippen molar-refractivity contribution in [3.8, 4) is 23.0 Å². The SMILES string of the molecule is Cc1cc(OCC(=O)O)c2c(c1Oc1ccc(OCc3ccccc3)c(Cc3ccc(F)cc3)c1)CCC2. The van der Waals surface area contributed by atoms with Gasteiger partial charge in [-0.25, -0.2) is 9.18 Å². The number of hydrogen-bond acceptors (Lipinski definition) is 4. The normalized spacial score (nSPS) is 12.2. The standard InChI is InChI=1S/C32H29FO5/c1-21-16-30(37-20-31(34)35)27-8-5-9-28(27)32(21)38-26-14-15-29(36-19-23-6-3-2-4-7-23)24(18-26)17-22-10-12-25(33)13-11-22/h2-4,6-7,10-16,18H,5,8-9,17,19-20H2,1H3,(H,34,35). The molecule has 194 valence electrons. The summed E-state index contributed by atoms with van der Waals surface area (Å²) in [6, 6.07) is 24.1. The highest BCUT2D eigenvalue weighted by Crippen LogP contribution is 2.42. The van der Waals surface area contributed by atoms with E-state index in [1.54, 1.807) is 12.1 Å². The molecule has 1 aliphatic rings. The Morgan fingerprint density at radius 1 is 0.868 bits per heavy atom. The zero-order valence-corrected chi connectivity index (χ0v) is 21.2. The molecule has 0 saturated heterocycles. The molecule has 0 saturated carbocycles. The zero-order chi connectivity index (χ0) is 26.5. The number of hydrogen-bond donors (Lipinski definition) is 1. The van der Waals surface area contributed by atoms with Crippen molar-refractivity contribution in [1.82, 2.24) is 0 Å². The highest BCUT2D eigenvalue weighted by atomic mass is 19.1. The summed E-state index contributed by atoms with van der Waals surface area (Å²) in [5.41, 5.74) is 5.93. The second-order valence-corrected chi connectivity index (χ2v) is 9.46. The predicted octanol–water partition coefficient (Wildman–Crippen LogP) is 7.05. The first-order chi connectivity index (χ1) is 18.5. The van der Waals surface area contributed by atoms with Gasteiger partial charge in [-0.15, -0.1) is 0 Å². The fourth-order valence-electron chi connectivity index (χ4n) is 4.84. The number of rotatable bonds is 10. The van der Waals surface area contributed by atoms with Crippen LogP contribution in [0.5, 0.6) is 23.0 Å². The Hall–Kier alpha value is -4.32. The van der Waals surface area contributed by atoms with Crippen LogP contribution in [0.3, 0.4) is 0 Å². The lowest BCUT2D eigenvalue weighted by Gasteiger charge is -2.18. The van der Waals surface area contributed by atoms with Crippen LogP contribution in [0.15, 0.2) is 78.9 Å². The lowest BCUT2D eigenvalue weighted by atomic mass is 10.0. The lowest BCUT2D eigenvalue weighted by molar-refractivity contribution is -0.139. The summed E-state index contributed by atoms with van der Waals surface area (Å²) in [6.45, 7) is 2.00. The van der Waals surface area contributed by atoms with Crippen LogP contribution in [-0.2, 0) is 30.7 Å². The molecule has 6 heteroatoms. The Labute approximate surface area is 221 Å². The zero-order valence-electron chi connectivity index (χ0n) is 21.2. The van der Waals surface area contributed by atoms with E-state index >= 15 is 0 Å². The largest absolute Gasteiger partial charge is 0.489 e. The molecule has 5 nitrogen and oxygen atoms in total. The quantitative estimate of drug-likeness (QED) is 0.247. The van der Waals surface area contributed by atoms with Gasteiger partial charge in [0.15, 0.2) is 6.61 Å². The fourth-order valence-corrected chi connectivity index (χ4v) is 4.84. The molecule has 38 heavy (non-hydrogen) atoms. The van der Waals surface area contributed by atoms with Crippen molar-refractivity contribution in [3.63, 3.8) is 0 Å². The topological polar surface area (TPSA) is 65.0 Å². The Morgan fingerprint density at radius 3 is 2.39 bits per heavy atom. The van der Waals surface area contributed by atoms with Gasteiger partial charge in [-0.2, -0.15) is 0 Å². The maximum absolute atomic E-state index is 13.5. The summed E-state index contributed by atoms with van der Waals surface area (Å²) in [5.74, 6) is 1.54. The third-order valence-corrected chi connectivity index (χ3v) is 6.64. The molecule has 0 fully saturated rings. The average Bonchev–Trinajstić information content (AvgIpc) is 3.41. The van der Waals surface area contributed by atoms with Crippen LogP contribution in [0.25, 0.3) is 0 Å². The third-order valence-electron chi connectivity index (χ3n) is 6.64. The van der Waals surface area contributed by atoms with Gasteiger partial charge in [-0.1, -0.05) is 42.5 Å². The highest BCUT2D eigenvalue weighted by molar-refractivity contribution is 5.69. The molecule has 0 heterocycles. The third kappa shape index (κ3) is 5.97. The fraction of sp³-hybridized carbons (Fsp3) is 0.219. The van der Waals surface area contributed by atoms with Crippen molar-refractivity contribution in [2.24, 2.45) is 0 Å². The predicted molar refractivity (Wildman–Crippen MR) is 143 cm³/mol. The minimum Gasteiger partial charge on any atom is -0.489 e. The summed E-state index contributed by atoms with van der Waals surface area (Å²) in [4.78, 5) is 11.0. The van der Waals surface area contributed by atoms with E-state index in [9.17, 15) is 9.18 Å². The van der Waals surface area contributed by atoms with Crippen molar-refractivity contribution in [2.75, 3.05) is 6.61 Å². The van der Waals surface area contributed by atoms with E-state index in [4.69, 9.17) is 19.3 Å². The Balaban J connectivity index is 1.44. The van der Waals surface area contributed by atoms with Gasteiger partial charge in [0.05, 0.1) is 0 Å². The summed E-state index contributed by atoms with van der Waals surface area (Å²) >= 11 is 0. The minimum atomic E-state index is -1.00. The van der Waals surface area contributed by atoms with Crippen molar-refractivity contribution in [3.05, 3.63) is 118 Å². The number of aryl methyl sites for hydroxylation is 1. The smallest absolute Gasteiger partial charge is 0.341 e. The molecule has 0 bridgehead atoms. The molecular weight excluding hydrogens is 483 g/mol. The van der Waals surface area contributed by atoms with Gasteiger partial charge in [0.2, 0.25) is 0 Å². The molecule has 1 aliphatic carbocycles. The van der Waals surface area contributed by atoms with Crippen molar-refractivity contribution in [1.29, 1.82) is 0 Å². The summed E-state index contributed by atoms with van der Waals surface area (Å²) in [6.07, 6.45) is 3.18. The van der Waals surface area contributed by atoms with E-state index in [1.165, 1.54) is 12.1 Å². The van der Waals surface area contributed by atoms with Crippen LogP contribution in [0.1, 0.15) is 39.8 Å². The molecule has 0 atom stereocenters. The van der Waals surface area contributed by atoms with Crippen LogP contribution in [-0.4, -0.2) is 17.7 Å². The molecule has 1 N–H and O–H groups in total. The summed E-state index contributed by atoms with van der Waals surface area (Å²) in [5, 5.41) is 9.03. The van der Waals surface area contributed by atoms with E-state index in [1.807, 2.05) is 61.5 Å². The van der Waals surface area contributed by atoms with Gasteiger partial charge < -0.3 is 19.3 Å². The van der Waals surface area contributed by atoms with Gasteiger partial charge >= 0.3 is 5.97 Å². The van der Waals surface area contributed by atoms with E-state index in [0.29, 0.717) is 24.5 Å². The molecule has 0 unspecified atom stereocenters. The maximum Gasteiger partial charge on any atom is 0.341 e. The number of carbonyl (C=O) groups is 1. The van der Waals surface area contributed by atoms with Crippen molar-refractivity contribution < 1.29 is 28.5 Å². The van der Waals surface area contributed by atoms with Crippen LogP contribution < -0.4 is 14.2 Å². The Morgan fingerprint density at radius 2 is 1.63 bits per heavy atom. The number of carboxylic acid groups (broad SMARTS) is 1. The van der Waals surface area contributed by atoms with Crippen LogP contribution in [0, 0.1) is 12.7 Å². The van der Waals surface area contributed by atoms with E-state index in [0.717, 1.165) is 64.1 Å². The molecule has 0 aromatic heterocycles. The number of ether oxygens (including phenoxy) is 3. The van der Waals surface area contributed by atoms with Crippen molar-refractivity contribution in [2.45, 2.75) is 39.2 Å². The van der Waals surface area contributed by atoms with Crippen LogP contribution in [0.2, 0.25) is 0 Å². The van der Waals surface area contributed by atoms with Gasteiger partial charge in [-0.3, -0.25) is 0 Å². The van der Waals surface area contributed by atoms with Crippen LogP contribution in [0.4, 0.5) is 4.39 Å². The summed E-state index contributed by atoms with van der Waals surface area (Å²) in [7, 11) is 0. The van der Waals surface area contributed by atoms with E-state index < -0.39 is 5.97 Å². The molecule has 0 aliphatic heterocycles. The first-order valence-corrected chi connectivity index (χ1v) is 12.7. The minimum absolute atomic E-state index is 0.272. The van der Waals surface area contributed by atoms with Gasteiger partial charge in [0, 0.05) is 23.1 Å². The number of halogens is 1. The summed E-state index contributed by atoms with van der Waals surface area (Å²) < 4.78 is 31.7. The second kappa shape index (κ2) is 11.4. The molecule has 4 aromatic carbocycles. The second-order valence-electron chi connectivity index (χ2n) is 9.46.